The normalized spacial score (nSPS) is 12.8. The molecule has 0 saturated heterocycles. The molecule has 0 aromatic heterocycles. The highest BCUT2D eigenvalue weighted by Gasteiger charge is 2.24. The van der Waals surface area contributed by atoms with Crippen molar-refractivity contribution in [1.29, 1.82) is 0 Å². The van der Waals surface area contributed by atoms with Crippen molar-refractivity contribution in [3.8, 4) is 11.5 Å². The third kappa shape index (κ3) is 5.39. The van der Waals surface area contributed by atoms with Crippen molar-refractivity contribution in [2.45, 2.75) is 105 Å². The number of hydrogen-bond donors (Lipinski definition) is 2. The lowest BCUT2D eigenvalue weighted by Crippen LogP contribution is -2.14. The summed E-state index contributed by atoms with van der Waals surface area (Å²) in [6.07, 6.45) is 1.41. The Balaban J connectivity index is 2.51. The van der Waals surface area contributed by atoms with E-state index in [1.165, 1.54) is 11.1 Å². The molecule has 2 aromatic carbocycles. The second-order valence-electron chi connectivity index (χ2n) is 11.5. The molecule has 0 heterocycles. The average Bonchev–Trinajstić information content (AvgIpc) is 2.59. The number of rotatable bonds is 5. The van der Waals surface area contributed by atoms with Crippen molar-refractivity contribution in [2.24, 2.45) is 0 Å². The van der Waals surface area contributed by atoms with Crippen molar-refractivity contribution in [2.75, 3.05) is 0 Å². The van der Waals surface area contributed by atoms with Gasteiger partial charge < -0.3 is 10.2 Å². The molecule has 0 saturated carbocycles. The third-order valence-corrected chi connectivity index (χ3v) is 6.04. The fourth-order valence-corrected chi connectivity index (χ4v) is 3.90. The summed E-state index contributed by atoms with van der Waals surface area (Å²) in [5, 5.41) is 22.1. The maximum absolute atomic E-state index is 11.0. The number of aryl methyl sites for hydroxylation is 2. The first-order chi connectivity index (χ1) is 13.6. The highest BCUT2D eigenvalue weighted by molar-refractivity contribution is 5.50. The highest BCUT2D eigenvalue weighted by atomic mass is 16.3. The van der Waals surface area contributed by atoms with Crippen LogP contribution in [0.4, 0.5) is 0 Å². The van der Waals surface area contributed by atoms with Gasteiger partial charge in [0, 0.05) is 0 Å². The Bertz CT molecular complexity index is 815. The fraction of sp³-hybridized carbons (Fsp3) is 0.571. The summed E-state index contributed by atoms with van der Waals surface area (Å²) in [4.78, 5) is 0. The minimum atomic E-state index is -0.122. The largest absolute Gasteiger partial charge is 0.507 e. The summed E-state index contributed by atoms with van der Waals surface area (Å²) >= 11 is 0. The summed E-state index contributed by atoms with van der Waals surface area (Å²) in [6, 6.07) is 8.59. The predicted molar refractivity (Wildman–Crippen MR) is 129 cm³/mol. The van der Waals surface area contributed by atoms with Crippen LogP contribution in [0.3, 0.4) is 0 Å². The molecular weight excluding hydrogens is 368 g/mol. The lowest BCUT2D eigenvalue weighted by molar-refractivity contribution is 0.434. The van der Waals surface area contributed by atoms with Gasteiger partial charge in [-0.1, -0.05) is 93.5 Å². The SMILES string of the molecule is CC(C)c1cc(CCc2cc(C(C)C)cc(C(C)(C)C)c2O)c(O)c(C(C)(C)C)c1. The molecule has 0 aliphatic carbocycles. The maximum Gasteiger partial charge on any atom is 0.122 e. The van der Waals surface area contributed by atoms with Gasteiger partial charge in [-0.25, -0.2) is 0 Å². The number of phenolic OH excluding ortho intramolecular Hbond substituents is 2. The lowest BCUT2D eigenvalue weighted by Gasteiger charge is -2.25. The summed E-state index contributed by atoms with van der Waals surface area (Å²) in [7, 11) is 0. The Kier molecular flexibility index (Phi) is 7.01. The van der Waals surface area contributed by atoms with Crippen LogP contribution in [-0.4, -0.2) is 10.2 Å². The first kappa shape index (κ1) is 24.3. The van der Waals surface area contributed by atoms with Crippen LogP contribution in [0.1, 0.15) is 114 Å². The van der Waals surface area contributed by atoms with Gasteiger partial charge in [0.2, 0.25) is 0 Å². The van der Waals surface area contributed by atoms with E-state index in [2.05, 4.69) is 93.5 Å². The molecule has 30 heavy (non-hydrogen) atoms. The lowest BCUT2D eigenvalue weighted by atomic mass is 9.80. The zero-order valence-electron chi connectivity index (χ0n) is 20.8. The molecule has 2 N–H and O–H groups in total. The van der Waals surface area contributed by atoms with Crippen LogP contribution in [0, 0.1) is 0 Å². The molecule has 0 amide bonds. The van der Waals surface area contributed by atoms with Crippen molar-refractivity contribution >= 4 is 0 Å². The Morgan fingerprint density at radius 3 is 1.13 bits per heavy atom. The maximum atomic E-state index is 11.0. The molecule has 166 valence electrons. The van der Waals surface area contributed by atoms with Gasteiger partial charge in [0.15, 0.2) is 0 Å². The van der Waals surface area contributed by atoms with Crippen molar-refractivity contribution in [1.82, 2.24) is 0 Å². The molecular formula is C28H42O2. The van der Waals surface area contributed by atoms with E-state index in [0.717, 1.165) is 22.3 Å². The molecule has 2 heteroatoms. The second kappa shape index (κ2) is 8.65. The molecule has 2 nitrogen and oxygen atoms in total. The van der Waals surface area contributed by atoms with Crippen LogP contribution in [0.15, 0.2) is 24.3 Å². The van der Waals surface area contributed by atoms with E-state index in [0.29, 0.717) is 36.2 Å². The van der Waals surface area contributed by atoms with E-state index in [4.69, 9.17) is 0 Å². The molecule has 0 unspecified atom stereocenters. The predicted octanol–water partition coefficient (Wildman–Crippen LogP) is 7.72. The second-order valence-corrected chi connectivity index (χ2v) is 11.5. The topological polar surface area (TPSA) is 40.5 Å². The quantitative estimate of drug-likeness (QED) is 0.529. The van der Waals surface area contributed by atoms with Crippen molar-refractivity contribution < 1.29 is 10.2 Å². The van der Waals surface area contributed by atoms with Gasteiger partial charge in [-0.15, -0.1) is 0 Å². The van der Waals surface area contributed by atoms with E-state index in [1.54, 1.807) is 0 Å². The summed E-state index contributed by atoms with van der Waals surface area (Å²) in [5.41, 5.74) is 6.20. The number of benzene rings is 2. The number of aromatic hydroxyl groups is 2. The first-order valence-corrected chi connectivity index (χ1v) is 11.4. The Morgan fingerprint density at radius 1 is 0.600 bits per heavy atom. The van der Waals surface area contributed by atoms with Crippen LogP contribution >= 0.6 is 0 Å². The smallest absolute Gasteiger partial charge is 0.122 e. The summed E-state index contributed by atoms with van der Waals surface area (Å²) < 4.78 is 0. The van der Waals surface area contributed by atoms with E-state index in [-0.39, 0.29) is 10.8 Å². The summed E-state index contributed by atoms with van der Waals surface area (Å²) in [5.74, 6) is 1.61. The molecule has 0 fully saturated rings. The Labute approximate surface area is 184 Å². The van der Waals surface area contributed by atoms with Gasteiger partial charge in [-0.3, -0.25) is 0 Å². The number of hydrogen-bond acceptors (Lipinski definition) is 2. The van der Waals surface area contributed by atoms with E-state index >= 15 is 0 Å². The zero-order valence-corrected chi connectivity index (χ0v) is 20.8. The fourth-order valence-electron chi connectivity index (χ4n) is 3.90. The van der Waals surface area contributed by atoms with E-state index < -0.39 is 0 Å². The van der Waals surface area contributed by atoms with Crippen LogP contribution in [0.5, 0.6) is 11.5 Å². The van der Waals surface area contributed by atoms with Gasteiger partial charge in [0.25, 0.3) is 0 Å². The van der Waals surface area contributed by atoms with Gasteiger partial charge in [0.05, 0.1) is 0 Å². The van der Waals surface area contributed by atoms with E-state index in [1.807, 2.05) is 0 Å². The van der Waals surface area contributed by atoms with Gasteiger partial charge >= 0.3 is 0 Å². The third-order valence-electron chi connectivity index (χ3n) is 6.04. The van der Waals surface area contributed by atoms with Crippen LogP contribution in [0.25, 0.3) is 0 Å². The standard InChI is InChI=1S/C28H42O2/c1-17(2)21-13-19(25(29)23(15-21)27(5,6)7)11-12-20-14-22(18(3)4)16-24(26(20)30)28(8,9)10/h13-18,29-30H,11-12H2,1-10H3. The zero-order chi connectivity index (χ0) is 23.0. The molecule has 0 radical (unpaired) electrons. The van der Waals surface area contributed by atoms with Crippen molar-refractivity contribution in [3.05, 3.63) is 57.6 Å². The van der Waals surface area contributed by atoms with Gasteiger partial charge in [-0.05, 0) is 68.9 Å². The van der Waals surface area contributed by atoms with Crippen LogP contribution < -0.4 is 0 Å². The van der Waals surface area contributed by atoms with Gasteiger partial charge in [-0.2, -0.15) is 0 Å². The van der Waals surface area contributed by atoms with Crippen molar-refractivity contribution in [3.63, 3.8) is 0 Å². The summed E-state index contributed by atoms with van der Waals surface area (Å²) in [6.45, 7) is 21.6. The molecule has 0 atom stereocenters. The van der Waals surface area contributed by atoms with Gasteiger partial charge in [0.1, 0.15) is 11.5 Å². The molecule has 2 aromatic rings. The average molecular weight is 411 g/mol. The van der Waals surface area contributed by atoms with Crippen LogP contribution in [0.2, 0.25) is 0 Å². The first-order valence-electron chi connectivity index (χ1n) is 11.4. The monoisotopic (exact) mass is 410 g/mol. The Hall–Kier alpha value is -1.96. The molecule has 0 bridgehead atoms. The Morgan fingerprint density at radius 2 is 0.900 bits per heavy atom. The molecule has 0 aliphatic heterocycles. The highest BCUT2D eigenvalue weighted by Crippen LogP contribution is 2.39. The molecule has 0 aliphatic rings. The van der Waals surface area contributed by atoms with E-state index in [9.17, 15) is 10.2 Å². The number of phenols is 2. The molecule has 2 rings (SSSR count). The minimum absolute atomic E-state index is 0.122. The minimum Gasteiger partial charge on any atom is -0.507 e. The van der Waals surface area contributed by atoms with Crippen LogP contribution in [-0.2, 0) is 23.7 Å². The molecule has 0 spiro atoms.